The maximum atomic E-state index is 5.84. The average molecular weight is 292 g/mol. The maximum absolute atomic E-state index is 5.84. The van der Waals surface area contributed by atoms with Gasteiger partial charge in [-0.2, -0.15) is 0 Å². The van der Waals surface area contributed by atoms with Gasteiger partial charge in [-0.25, -0.2) is 4.98 Å². The van der Waals surface area contributed by atoms with Crippen LogP contribution in [0.3, 0.4) is 0 Å². The molecule has 0 saturated heterocycles. The number of fused-ring (bicyclic) bond motifs is 1. The van der Waals surface area contributed by atoms with Crippen molar-refractivity contribution < 1.29 is 0 Å². The molecule has 0 radical (unpaired) electrons. The third-order valence-corrected chi connectivity index (χ3v) is 3.86. The van der Waals surface area contributed by atoms with Gasteiger partial charge >= 0.3 is 0 Å². The van der Waals surface area contributed by atoms with Crippen molar-refractivity contribution >= 4 is 23.0 Å². The second-order valence-corrected chi connectivity index (χ2v) is 6.09. The first-order valence-electron chi connectivity index (χ1n) is 7.29. The zero-order valence-electron chi connectivity index (χ0n) is 12.4. The van der Waals surface area contributed by atoms with Crippen LogP contribution in [0.1, 0.15) is 36.1 Å². The van der Waals surface area contributed by atoms with Crippen LogP contribution in [0.5, 0.6) is 0 Å². The van der Waals surface area contributed by atoms with Crippen LogP contribution in [0.15, 0.2) is 6.07 Å². The smallest absolute Gasteiger partial charge is 0.136 e. The Balaban J connectivity index is 2.11. The molecule has 0 aromatic carbocycles. The Kier molecular flexibility index (Phi) is 5.31. The van der Waals surface area contributed by atoms with E-state index in [-0.39, 0.29) is 0 Å². The van der Waals surface area contributed by atoms with Crippen molar-refractivity contribution in [1.29, 1.82) is 0 Å². The summed E-state index contributed by atoms with van der Waals surface area (Å²) >= 11 is 5.16. The highest BCUT2D eigenvalue weighted by Crippen LogP contribution is 2.24. The number of rotatable bonds is 6. The van der Waals surface area contributed by atoms with Crippen LogP contribution in [-0.2, 0) is 12.8 Å². The van der Waals surface area contributed by atoms with Crippen LogP contribution in [0.4, 0.5) is 5.82 Å². The third kappa shape index (κ3) is 3.90. The van der Waals surface area contributed by atoms with Gasteiger partial charge in [-0.05, 0) is 64.4 Å². The minimum absolute atomic E-state index is 0.431. The van der Waals surface area contributed by atoms with Gasteiger partial charge in [-0.1, -0.05) is 12.2 Å². The van der Waals surface area contributed by atoms with Crippen molar-refractivity contribution in [3.8, 4) is 0 Å². The number of thiocarbonyl (C=S) groups is 1. The summed E-state index contributed by atoms with van der Waals surface area (Å²) in [5, 5.41) is 3.39. The normalized spacial score (nSPS) is 14.2. The lowest BCUT2D eigenvalue weighted by molar-refractivity contribution is 0.405. The topological polar surface area (TPSA) is 54.2 Å². The predicted molar refractivity (Wildman–Crippen MR) is 88.4 cm³/mol. The fourth-order valence-corrected chi connectivity index (χ4v) is 2.71. The minimum Gasteiger partial charge on any atom is -0.389 e. The van der Waals surface area contributed by atoms with E-state index < -0.39 is 0 Å². The molecule has 3 N–H and O–H groups in total. The lowest BCUT2D eigenvalue weighted by atomic mass is 9.94. The molecule has 0 fully saturated rings. The summed E-state index contributed by atoms with van der Waals surface area (Å²) < 4.78 is 0. The molecule has 20 heavy (non-hydrogen) atoms. The first kappa shape index (κ1) is 15.2. The van der Waals surface area contributed by atoms with Crippen molar-refractivity contribution in [2.24, 2.45) is 5.73 Å². The molecule has 0 spiro atoms. The molecule has 5 heteroatoms. The van der Waals surface area contributed by atoms with E-state index in [1.807, 2.05) is 0 Å². The van der Waals surface area contributed by atoms with Gasteiger partial charge in [-0.15, -0.1) is 0 Å². The third-order valence-electron chi connectivity index (χ3n) is 3.64. The molecule has 1 aromatic heterocycles. The van der Waals surface area contributed by atoms with Crippen LogP contribution >= 0.6 is 12.2 Å². The molecule has 110 valence electrons. The Morgan fingerprint density at radius 3 is 2.85 bits per heavy atom. The lowest BCUT2D eigenvalue weighted by Crippen LogP contribution is -2.20. The van der Waals surface area contributed by atoms with Gasteiger partial charge in [-0.3, -0.25) is 0 Å². The summed E-state index contributed by atoms with van der Waals surface area (Å²) in [6, 6.07) is 2.14. The highest BCUT2D eigenvalue weighted by molar-refractivity contribution is 7.80. The quantitative estimate of drug-likeness (QED) is 0.620. The molecule has 0 unspecified atom stereocenters. The van der Waals surface area contributed by atoms with E-state index in [1.165, 1.54) is 24.1 Å². The number of hydrogen-bond donors (Lipinski definition) is 2. The zero-order chi connectivity index (χ0) is 14.5. The number of aromatic nitrogens is 1. The highest BCUT2D eigenvalue weighted by atomic mass is 32.1. The molecule has 1 aromatic rings. The second-order valence-electron chi connectivity index (χ2n) is 5.65. The van der Waals surface area contributed by atoms with Gasteiger partial charge in [0.15, 0.2) is 0 Å². The minimum atomic E-state index is 0.431. The van der Waals surface area contributed by atoms with Crippen molar-refractivity contribution in [2.75, 3.05) is 32.5 Å². The van der Waals surface area contributed by atoms with Crippen molar-refractivity contribution in [3.63, 3.8) is 0 Å². The average Bonchev–Trinajstić information content (AvgIpc) is 2.42. The molecule has 0 amide bonds. The standard InChI is InChI=1S/C15H24N4S/c1-19(2)9-5-8-17-15-12(14(16)20)10-11-6-3-4-7-13(11)18-15/h10H,3-9H2,1-2H3,(H2,16,20)(H,17,18). The number of anilines is 1. The van der Waals surface area contributed by atoms with E-state index in [9.17, 15) is 0 Å². The lowest BCUT2D eigenvalue weighted by Gasteiger charge is -2.19. The summed E-state index contributed by atoms with van der Waals surface area (Å²) in [7, 11) is 4.16. The van der Waals surface area contributed by atoms with Gasteiger partial charge in [0.05, 0.1) is 5.56 Å². The van der Waals surface area contributed by atoms with E-state index in [0.29, 0.717) is 4.99 Å². The van der Waals surface area contributed by atoms with Crippen LogP contribution in [0.25, 0.3) is 0 Å². The number of nitrogens with one attached hydrogen (secondary N) is 1. The van der Waals surface area contributed by atoms with Crippen LogP contribution in [0, 0.1) is 0 Å². The van der Waals surface area contributed by atoms with Crippen molar-refractivity contribution in [3.05, 3.63) is 22.9 Å². The predicted octanol–water partition coefficient (Wildman–Crippen LogP) is 1.96. The van der Waals surface area contributed by atoms with Gasteiger partial charge in [0.25, 0.3) is 0 Å². The molecule has 2 rings (SSSR count). The molecule has 1 aliphatic rings. The largest absolute Gasteiger partial charge is 0.389 e. The van der Waals surface area contributed by atoms with Crippen LogP contribution in [-0.4, -0.2) is 42.1 Å². The van der Waals surface area contributed by atoms with Gasteiger partial charge in [0.1, 0.15) is 10.8 Å². The van der Waals surface area contributed by atoms with Crippen LogP contribution in [0.2, 0.25) is 0 Å². The number of nitrogens with two attached hydrogens (primary N) is 1. The van der Waals surface area contributed by atoms with E-state index in [1.54, 1.807) is 0 Å². The molecule has 1 heterocycles. The Hall–Kier alpha value is -1.20. The highest BCUT2D eigenvalue weighted by Gasteiger charge is 2.16. The van der Waals surface area contributed by atoms with Crippen molar-refractivity contribution in [1.82, 2.24) is 9.88 Å². The van der Waals surface area contributed by atoms with E-state index in [0.717, 1.165) is 43.7 Å². The molecule has 0 aliphatic heterocycles. The molecule has 0 atom stereocenters. The summed E-state index contributed by atoms with van der Waals surface area (Å²) in [4.78, 5) is 7.37. The second kappa shape index (κ2) is 6.99. The molecule has 0 bridgehead atoms. The van der Waals surface area contributed by atoms with E-state index in [4.69, 9.17) is 22.9 Å². The molecular formula is C15H24N4S. The molecular weight excluding hydrogens is 268 g/mol. The number of pyridine rings is 1. The Morgan fingerprint density at radius 2 is 2.15 bits per heavy atom. The summed E-state index contributed by atoms with van der Waals surface area (Å²) in [6.07, 6.45) is 5.70. The zero-order valence-corrected chi connectivity index (χ0v) is 13.2. The molecule has 1 aliphatic carbocycles. The SMILES string of the molecule is CN(C)CCCNc1nc2c(cc1C(N)=S)CCCC2. The first-order valence-corrected chi connectivity index (χ1v) is 7.70. The van der Waals surface area contributed by atoms with Gasteiger partial charge < -0.3 is 16.0 Å². The van der Waals surface area contributed by atoms with Gasteiger partial charge in [0.2, 0.25) is 0 Å². The number of nitrogens with zero attached hydrogens (tertiary/aromatic N) is 2. The van der Waals surface area contributed by atoms with Crippen LogP contribution < -0.4 is 11.1 Å². The molecule has 0 saturated carbocycles. The first-order chi connectivity index (χ1) is 9.58. The Morgan fingerprint density at radius 1 is 1.40 bits per heavy atom. The fourth-order valence-electron chi connectivity index (χ4n) is 2.56. The monoisotopic (exact) mass is 292 g/mol. The van der Waals surface area contributed by atoms with Gasteiger partial charge in [0, 0.05) is 12.2 Å². The number of hydrogen-bond acceptors (Lipinski definition) is 4. The summed E-state index contributed by atoms with van der Waals surface area (Å²) in [5.74, 6) is 0.858. The summed E-state index contributed by atoms with van der Waals surface area (Å²) in [5.41, 5.74) is 9.27. The van der Waals surface area contributed by atoms with Crippen molar-refractivity contribution in [2.45, 2.75) is 32.1 Å². The Labute approximate surface area is 126 Å². The summed E-state index contributed by atoms with van der Waals surface area (Å²) in [6.45, 7) is 1.94. The maximum Gasteiger partial charge on any atom is 0.136 e. The van der Waals surface area contributed by atoms with E-state index in [2.05, 4.69) is 30.4 Å². The molecule has 4 nitrogen and oxygen atoms in total. The fraction of sp³-hybridized carbons (Fsp3) is 0.600. The van der Waals surface area contributed by atoms with E-state index >= 15 is 0 Å². The Bertz CT molecular complexity index is 485. The number of aryl methyl sites for hydroxylation is 2.